The fourth-order valence-corrected chi connectivity index (χ4v) is 3.34. The minimum Gasteiger partial charge on any atom is -0.380 e. The van der Waals surface area contributed by atoms with Crippen LogP contribution in [0, 0.1) is 9.39 Å². The Morgan fingerprint density at radius 1 is 1.33 bits per heavy atom. The molecule has 0 radical (unpaired) electrons. The Balaban J connectivity index is 2.21. The SMILES string of the molecule is Fc1c(Br)c(I)cc2c(N3CCCOCC3)nc(Cl)nc12. The summed E-state index contributed by atoms with van der Waals surface area (Å²) in [7, 11) is 0. The molecular formula is C13H11BrClFIN3O. The molecule has 2 aromatic rings. The molecule has 8 heteroatoms. The number of aromatic nitrogens is 2. The fourth-order valence-electron chi connectivity index (χ4n) is 2.33. The second-order valence-electron chi connectivity index (χ2n) is 4.65. The van der Waals surface area contributed by atoms with Gasteiger partial charge in [-0.15, -0.1) is 0 Å². The van der Waals surface area contributed by atoms with Gasteiger partial charge in [0.25, 0.3) is 0 Å². The summed E-state index contributed by atoms with van der Waals surface area (Å²) in [6, 6.07) is 1.88. The van der Waals surface area contributed by atoms with Crippen LogP contribution >= 0.6 is 50.1 Å². The molecule has 0 unspecified atom stereocenters. The number of hydrogen-bond donors (Lipinski definition) is 0. The largest absolute Gasteiger partial charge is 0.380 e. The fraction of sp³-hybridized carbons (Fsp3) is 0.385. The lowest BCUT2D eigenvalue weighted by molar-refractivity contribution is 0.152. The number of ether oxygens (including phenoxy) is 1. The molecule has 1 fully saturated rings. The van der Waals surface area contributed by atoms with Gasteiger partial charge < -0.3 is 9.64 Å². The van der Waals surface area contributed by atoms with E-state index in [9.17, 15) is 4.39 Å². The predicted molar refractivity (Wildman–Crippen MR) is 92.6 cm³/mol. The van der Waals surface area contributed by atoms with Crippen molar-refractivity contribution in [3.05, 3.63) is 25.2 Å². The summed E-state index contributed by atoms with van der Waals surface area (Å²) in [6.07, 6.45) is 0.902. The smallest absolute Gasteiger partial charge is 0.225 e. The van der Waals surface area contributed by atoms with Gasteiger partial charge in [-0.05, 0) is 62.6 Å². The number of fused-ring (bicyclic) bond motifs is 1. The molecule has 1 aliphatic heterocycles. The maximum Gasteiger partial charge on any atom is 0.225 e. The van der Waals surface area contributed by atoms with Crippen molar-refractivity contribution in [2.45, 2.75) is 6.42 Å². The first-order chi connectivity index (χ1) is 10.1. The van der Waals surface area contributed by atoms with E-state index in [1.807, 2.05) is 6.07 Å². The van der Waals surface area contributed by atoms with Crippen molar-refractivity contribution in [1.29, 1.82) is 0 Å². The summed E-state index contributed by atoms with van der Waals surface area (Å²) >= 11 is 11.3. The Morgan fingerprint density at radius 3 is 2.95 bits per heavy atom. The molecule has 1 aliphatic rings. The topological polar surface area (TPSA) is 38.2 Å². The normalized spacial score (nSPS) is 16.3. The van der Waals surface area contributed by atoms with Gasteiger partial charge in [-0.3, -0.25) is 0 Å². The van der Waals surface area contributed by atoms with Gasteiger partial charge >= 0.3 is 0 Å². The third-order valence-corrected chi connectivity index (χ3v) is 5.84. The Hall–Kier alpha value is -0.250. The third-order valence-electron chi connectivity index (χ3n) is 3.30. The molecule has 0 amide bonds. The minimum absolute atomic E-state index is 0.0506. The molecule has 1 saturated heterocycles. The van der Waals surface area contributed by atoms with Gasteiger partial charge in [0, 0.05) is 28.7 Å². The van der Waals surface area contributed by atoms with E-state index in [4.69, 9.17) is 16.3 Å². The van der Waals surface area contributed by atoms with Crippen molar-refractivity contribution < 1.29 is 9.13 Å². The zero-order chi connectivity index (χ0) is 15.0. The van der Waals surface area contributed by atoms with Crippen LogP contribution in [0.5, 0.6) is 0 Å². The lowest BCUT2D eigenvalue weighted by Gasteiger charge is -2.22. The van der Waals surface area contributed by atoms with Crippen molar-refractivity contribution >= 4 is 66.8 Å². The van der Waals surface area contributed by atoms with E-state index in [0.717, 1.165) is 23.1 Å². The lowest BCUT2D eigenvalue weighted by atomic mass is 10.2. The molecule has 0 bridgehead atoms. The third kappa shape index (κ3) is 3.11. The van der Waals surface area contributed by atoms with Crippen molar-refractivity contribution in [1.82, 2.24) is 9.97 Å². The van der Waals surface area contributed by atoms with Gasteiger partial charge in [-0.25, -0.2) is 9.37 Å². The highest BCUT2D eigenvalue weighted by molar-refractivity contribution is 14.1. The summed E-state index contributed by atoms with van der Waals surface area (Å²) in [4.78, 5) is 10.4. The van der Waals surface area contributed by atoms with Crippen LogP contribution in [0.25, 0.3) is 10.9 Å². The molecule has 3 rings (SSSR count). The summed E-state index contributed by atoms with van der Waals surface area (Å²) in [5.41, 5.74) is 0.238. The second-order valence-corrected chi connectivity index (χ2v) is 6.94. The Kier molecular flexibility index (Phi) is 4.82. The van der Waals surface area contributed by atoms with Crippen LogP contribution in [0.4, 0.5) is 10.2 Å². The van der Waals surface area contributed by atoms with Crippen LogP contribution in [-0.4, -0.2) is 36.3 Å². The first-order valence-corrected chi connectivity index (χ1v) is 8.66. The van der Waals surface area contributed by atoms with Crippen LogP contribution in [0.2, 0.25) is 5.28 Å². The van der Waals surface area contributed by atoms with E-state index >= 15 is 0 Å². The van der Waals surface area contributed by atoms with E-state index in [2.05, 4.69) is 53.4 Å². The number of hydrogen-bond acceptors (Lipinski definition) is 4. The molecule has 0 atom stereocenters. The molecule has 0 aliphatic carbocycles. The van der Waals surface area contributed by atoms with Crippen molar-refractivity contribution in [2.75, 3.05) is 31.2 Å². The predicted octanol–water partition coefficient (Wildman–Crippen LogP) is 4.02. The van der Waals surface area contributed by atoms with E-state index in [1.54, 1.807) is 0 Å². The number of rotatable bonds is 1. The number of anilines is 1. The van der Waals surface area contributed by atoms with Gasteiger partial charge in [0.15, 0.2) is 5.82 Å². The van der Waals surface area contributed by atoms with E-state index in [-0.39, 0.29) is 10.8 Å². The second kappa shape index (κ2) is 6.47. The van der Waals surface area contributed by atoms with Gasteiger partial charge in [-0.2, -0.15) is 4.98 Å². The molecule has 4 nitrogen and oxygen atoms in total. The standard InChI is InChI=1S/C13H11BrClFIN3O/c14-9-8(17)6-7-11(10(9)16)18-13(15)19-12(7)20-2-1-4-21-5-3-20/h6H,1-5H2. The van der Waals surface area contributed by atoms with Crippen LogP contribution in [0.15, 0.2) is 10.5 Å². The number of nitrogens with zero attached hydrogens (tertiary/aromatic N) is 3. The van der Waals surface area contributed by atoms with Crippen molar-refractivity contribution in [3.8, 4) is 0 Å². The molecule has 1 aromatic heterocycles. The van der Waals surface area contributed by atoms with E-state index < -0.39 is 5.82 Å². The Labute approximate surface area is 148 Å². The average molecular weight is 487 g/mol. The molecule has 0 spiro atoms. The van der Waals surface area contributed by atoms with Crippen LogP contribution < -0.4 is 4.90 Å². The minimum atomic E-state index is -0.409. The first kappa shape index (κ1) is 15.6. The molecule has 1 aromatic carbocycles. The van der Waals surface area contributed by atoms with Gasteiger partial charge in [-0.1, -0.05) is 0 Å². The monoisotopic (exact) mass is 485 g/mol. The summed E-state index contributed by atoms with van der Waals surface area (Å²) < 4.78 is 21.0. The maximum atomic E-state index is 14.4. The molecule has 0 N–H and O–H groups in total. The molecule has 0 saturated carbocycles. The highest BCUT2D eigenvalue weighted by Crippen LogP contribution is 2.34. The van der Waals surface area contributed by atoms with E-state index in [0.29, 0.717) is 28.8 Å². The van der Waals surface area contributed by atoms with Gasteiger partial charge in [0.1, 0.15) is 11.3 Å². The quantitative estimate of drug-likeness (QED) is 0.347. The molecular weight excluding hydrogens is 475 g/mol. The van der Waals surface area contributed by atoms with Crippen LogP contribution in [0.3, 0.4) is 0 Å². The van der Waals surface area contributed by atoms with Crippen LogP contribution in [-0.2, 0) is 4.74 Å². The zero-order valence-electron chi connectivity index (χ0n) is 10.9. The Morgan fingerprint density at radius 2 is 2.14 bits per heavy atom. The highest BCUT2D eigenvalue weighted by Gasteiger charge is 2.20. The number of benzene rings is 1. The first-order valence-electron chi connectivity index (χ1n) is 6.41. The van der Waals surface area contributed by atoms with Gasteiger partial charge in [0.05, 0.1) is 11.1 Å². The van der Waals surface area contributed by atoms with Crippen LogP contribution in [0.1, 0.15) is 6.42 Å². The maximum absolute atomic E-state index is 14.4. The average Bonchev–Trinajstić information content (AvgIpc) is 2.74. The van der Waals surface area contributed by atoms with E-state index in [1.165, 1.54) is 0 Å². The van der Waals surface area contributed by atoms with Crippen molar-refractivity contribution in [3.63, 3.8) is 0 Å². The van der Waals surface area contributed by atoms with Crippen molar-refractivity contribution in [2.24, 2.45) is 0 Å². The summed E-state index contributed by atoms with van der Waals surface area (Å²) in [5.74, 6) is 0.258. The molecule has 112 valence electrons. The highest BCUT2D eigenvalue weighted by atomic mass is 127. The zero-order valence-corrected chi connectivity index (χ0v) is 15.4. The lowest BCUT2D eigenvalue weighted by Crippen LogP contribution is -2.27. The number of halogens is 4. The molecule has 2 heterocycles. The summed E-state index contributed by atoms with van der Waals surface area (Å²) in [5, 5.41) is 0.723. The summed E-state index contributed by atoms with van der Waals surface area (Å²) in [6.45, 7) is 2.86. The van der Waals surface area contributed by atoms with Gasteiger partial charge in [0.2, 0.25) is 5.28 Å². The molecule has 21 heavy (non-hydrogen) atoms. The Bertz CT molecular complexity index is 695.